The van der Waals surface area contributed by atoms with Gasteiger partial charge in [-0.05, 0) is 27.8 Å². The van der Waals surface area contributed by atoms with Gasteiger partial charge in [-0.3, -0.25) is 9.48 Å². The van der Waals surface area contributed by atoms with Gasteiger partial charge in [-0.1, -0.05) is 0 Å². The Bertz CT molecular complexity index is 458. The highest BCUT2D eigenvalue weighted by Gasteiger charge is 2.32. The zero-order valence-corrected chi connectivity index (χ0v) is 12.7. The summed E-state index contributed by atoms with van der Waals surface area (Å²) in [6, 6.07) is 0.292. The van der Waals surface area contributed by atoms with Crippen LogP contribution in [-0.2, 0) is 4.74 Å². The number of nitrogens with one attached hydrogen (secondary N) is 1. The smallest absolute Gasteiger partial charge is 0.254 e. The van der Waals surface area contributed by atoms with Gasteiger partial charge in [0.05, 0.1) is 23.9 Å². The lowest BCUT2D eigenvalue weighted by Crippen LogP contribution is -2.43. The summed E-state index contributed by atoms with van der Waals surface area (Å²) in [6.45, 7) is 8.37. The molecule has 0 saturated carbocycles. The molecule has 1 aromatic heterocycles. The van der Waals surface area contributed by atoms with Crippen molar-refractivity contribution in [3.8, 4) is 0 Å². The van der Waals surface area contributed by atoms with Crippen LogP contribution in [0.15, 0.2) is 12.4 Å². The number of nitrogens with zero attached hydrogens (tertiary/aromatic N) is 3. The number of likely N-dealkylation sites (tertiary alicyclic amines) is 1. The molecule has 0 spiro atoms. The van der Waals surface area contributed by atoms with Crippen LogP contribution in [0, 0.1) is 0 Å². The van der Waals surface area contributed by atoms with Crippen LogP contribution < -0.4 is 5.32 Å². The first-order valence-electron chi connectivity index (χ1n) is 7.16. The number of likely N-dealkylation sites (N-methyl/N-ethyl adjacent to an activating group) is 1. The Morgan fingerprint density at radius 1 is 1.55 bits per heavy atom. The molecule has 1 N–H and O–H groups in total. The van der Waals surface area contributed by atoms with Gasteiger partial charge in [0.2, 0.25) is 0 Å². The van der Waals surface area contributed by atoms with Crippen molar-refractivity contribution >= 4 is 5.91 Å². The van der Waals surface area contributed by atoms with Gasteiger partial charge >= 0.3 is 0 Å². The molecule has 6 nitrogen and oxygen atoms in total. The maximum atomic E-state index is 12.3. The molecule has 0 unspecified atom stereocenters. The van der Waals surface area contributed by atoms with Crippen molar-refractivity contribution in [2.24, 2.45) is 0 Å². The first-order chi connectivity index (χ1) is 9.51. The van der Waals surface area contributed by atoms with Crippen LogP contribution in [0.25, 0.3) is 0 Å². The highest BCUT2D eigenvalue weighted by Crippen LogP contribution is 2.13. The fourth-order valence-electron chi connectivity index (χ4n) is 2.47. The first-order valence-corrected chi connectivity index (χ1v) is 7.16. The van der Waals surface area contributed by atoms with Gasteiger partial charge < -0.3 is 15.0 Å². The van der Waals surface area contributed by atoms with Gasteiger partial charge in [-0.2, -0.15) is 5.10 Å². The van der Waals surface area contributed by atoms with E-state index in [1.54, 1.807) is 17.1 Å². The van der Waals surface area contributed by atoms with E-state index in [0.29, 0.717) is 12.2 Å². The number of carbonyl (C=O) groups is 1. The molecule has 1 aromatic rings. The summed E-state index contributed by atoms with van der Waals surface area (Å²) in [5.74, 6) is -0.0816. The number of aromatic nitrogens is 2. The van der Waals surface area contributed by atoms with Crippen LogP contribution in [0.1, 0.15) is 37.2 Å². The van der Waals surface area contributed by atoms with Crippen molar-refractivity contribution < 1.29 is 9.53 Å². The van der Waals surface area contributed by atoms with Crippen molar-refractivity contribution in [1.82, 2.24) is 20.0 Å². The Hall–Kier alpha value is -1.40. The van der Waals surface area contributed by atoms with Crippen LogP contribution in [0.2, 0.25) is 0 Å². The van der Waals surface area contributed by atoms with Crippen LogP contribution in [0.4, 0.5) is 0 Å². The third-order valence-electron chi connectivity index (χ3n) is 3.54. The molecule has 1 amide bonds. The van der Waals surface area contributed by atoms with E-state index in [2.05, 4.69) is 15.3 Å². The molecule has 6 heteroatoms. The molecule has 2 heterocycles. The molecule has 20 heavy (non-hydrogen) atoms. The second-order valence-electron chi connectivity index (χ2n) is 5.60. The lowest BCUT2D eigenvalue weighted by Gasteiger charge is -2.19. The van der Waals surface area contributed by atoms with Crippen LogP contribution >= 0.6 is 0 Å². The highest BCUT2D eigenvalue weighted by molar-refractivity contribution is 5.93. The summed E-state index contributed by atoms with van der Waals surface area (Å²) in [7, 11) is 2.04. The second kappa shape index (κ2) is 6.37. The molecule has 1 aliphatic heterocycles. The van der Waals surface area contributed by atoms with Crippen LogP contribution in [-0.4, -0.2) is 59.5 Å². The fourth-order valence-corrected chi connectivity index (χ4v) is 2.47. The monoisotopic (exact) mass is 280 g/mol. The number of carbonyl (C=O) groups excluding carboxylic acids is 1. The molecular weight excluding hydrogens is 256 g/mol. The van der Waals surface area contributed by atoms with Gasteiger partial charge in [0.15, 0.2) is 0 Å². The molecule has 0 radical (unpaired) electrons. The van der Waals surface area contributed by atoms with E-state index in [1.165, 1.54) is 0 Å². The molecule has 0 aliphatic carbocycles. The Labute approximate surface area is 120 Å². The maximum absolute atomic E-state index is 12.3. The van der Waals surface area contributed by atoms with Crippen molar-refractivity contribution in [2.45, 2.75) is 39.0 Å². The number of amides is 1. The molecule has 112 valence electrons. The Morgan fingerprint density at radius 2 is 2.30 bits per heavy atom. The van der Waals surface area contributed by atoms with Gasteiger partial charge in [0.1, 0.15) is 0 Å². The Morgan fingerprint density at radius 3 is 2.90 bits per heavy atom. The molecule has 1 saturated heterocycles. The van der Waals surface area contributed by atoms with Crippen molar-refractivity contribution in [2.75, 3.05) is 26.7 Å². The van der Waals surface area contributed by atoms with E-state index in [-0.39, 0.29) is 24.1 Å². The minimum atomic E-state index is -0.0816. The minimum Gasteiger partial charge on any atom is -0.375 e. The van der Waals surface area contributed by atoms with Gasteiger partial charge in [-0.15, -0.1) is 0 Å². The van der Waals surface area contributed by atoms with E-state index in [1.807, 2.05) is 27.8 Å². The standard InChI is InChI=1S/C14H24N4O2/c1-5-20-13-9-17(4)8-12(13)16-14(19)11-6-15-18(7-11)10(2)3/h6-7,10,12-13H,5,8-9H2,1-4H3,(H,16,19)/t12-,13-/m0/s1. The highest BCUT2D eigenvalue weighted by atomic mass is 16.5. The SMILES string of the molecule is CCO[C@H]1CN(C)C[C@@H]1NC(=O)c1cnn(C(C)C)c1. The summed E-state index contributed by atoms with van der Waals surface area (Å²) >= 11 is 0. The van der Waals surface area contributed by atoms with Crippen molar-refractivity contribution in [1.29, 1.82) is 0 Å². The molecule has 2 atom stereocenters. The van der Waals surface area contributed by atoms with E-state index in [4.69, 9.17) is 4.74 Å². The molecule has 2 rings (SSSR count). The predicted octanol–water partition coefficient (Wildman–Crippen LogP) is 0.913. The van der Waals surface area contributed by atoms with Gasteiger partial charge in [0.25, 0.3) is 5.91 Å². The molecule has 1 fully saturated rings. The van der Waals surface area contributed by atoms with E-state index >= 15 is 0 Å². The largest absolute Gasteiger partial charge is 0.375 e. The fraction of sp³-hybridized carbons (Fsp3) is 0.714. The zero-order valence-electron chi connectivity index (χ0n) is 12.7. The van der Waals surface area contributed by atoms with E-state index < -0.39 is 0 Å². The molecular formula is C14H24N4O2. The Balaban J connectivity index is 1.99. The molecule has 0 bridgehead atoms. The van der Waals surface area contributed by atoms with Gasteiger partial charge in [-0.25, -0.2) is 0 Å². The third kappa shape index (κ3) is 3.37. The van der Waals surface area contributed by atoms with E-state index in [0.717, 1.165) is 13.1 Å². The lowest BCUT2D eigenvalue weighted by atomic mass is 10.2. The molecule has 1 aliphatic rings. The first kappa shape index (κ1) is 15.0. The Kier molecular flexibility index (Phi) is 4.77. The summed E-state index contributed by atoms with van der Waals surface area (Å²) < 4.78 is 7.48. The quantitative estimate of drug-likeness (QED) is 0.871. The normalized spacial score (nSPS) is 23.4. The maximum Gasteiger partial charge on any atom is 0.254 e. The summed E-state index contributed by atoms with van der Waals surface area (Å²) in [5, 5.41) is 7.25. The van der Waals surface area contributed by atoms with Gasteiger partial charge in [0, 0.05) is 31.9 Å². The zero-order chi connectivity index (χ0) is 14.7. The minimum absolute atomic E-state index is 0.0369. The number of hydrogen-bond donors (Lipinski definition) is 1. The van der Waals surface area contributed by atoms with Crippen LogP contribution in [0.3, 0.4) is 0 Å². The topological polar surface area (TPSA) is 59.4 Å². The van der Waals surface area contributed by atoms with E-state index in [9.17, 15) is 4.79 Å². The summed E-state index contributed by atoms with van der Waals surface area (Å²) in [5.41, 5.74) is 0.600. The third-order valence-corrected chi connectivity index (χ3v) is 3.54. The van der Waals surface area contributed by atoms with Crippen LogP contribution in [0.5, 0.6) is 0 Å². The summed E-state index contributed by atoms with van der Waals surface area (Å²) in [4.78, 5) is 14.4. The molecule has 0 aromatic carbocycles. The van der Waals surface area contributed by atoms with Crippen molar-refractivity contribution in [3.63, 3.8) is 0 Å². The van der Waals surface area contributed by atoms with Crippen molar-refractivity contribution in [3.05, 3.63) is 18.0 Å². The second-order valence-corrected chi connectivity index (χ2v) is 5.60. The average molecular weight is 280 g/mol. The number of rotatable bonds is 5. The number of hydrogen-bond acceptors (Lipinski definition) is 4. The average Bonchev–Trinajstić information content (AvgIpc) is 2.97. The predicted molar refractivity (Wildman–Crippen MR) is 76.8 cm³/mol. The summed E-state index contributed by atoms with van der Waals surface area (Å²) in [6.07, 6.45) is 3.46. The number of ether oxygens (including phenoxy) is 1. The lowest BCUT2D eigenvalue weighted by molar-refractivity contribution is 0.0513.